The van der Waals surface area contributed by atoms with E-state index in [1.165, 1.54) is 36.7 Å². The first-order valence-electron chi connectivity index (χ1n) is 9.15. The second kappa shape index (κ2) is 8.30. The fourth-order valence-corrected chi connectivity index (χ4v) is 4.81. The van der Waals surface area contributed by atoms with Crippen LogP contribution in [-0.4, -0.2) is 51.0 Å². The van der Waals surface area contributed by atoms with Crippen molar-refractivity contribution < 1.29 is 27.8 Å². The number of benzene rings is 2. The second-order valence-corrected chi connectivity index (χ2v) is 8.69. The van der Waals surface area contributed by atoms with Crippen LogP contribution >= 0.6 is 0 Å². The lowest BCUT2D eigenvalue weighted by molar-refractivity contribution is 0.102. The minimum absolute atomic E-state index is 0.00813. The summed E-state index contributed by atoms with van der Waals surface area (Å²) in [5, 5.41) is 12.7. The summed E-state index contributed by atoms with van der Waals surface area (Å²) in [5.74, 6) is 0.186. The minimum atomic E-state index is -3.67. The Hall–Kier alpha value is -2.78. The third kappa shape index (κ3) is 4.15. The molecule has 0 spiro atoms. The first-order chi connectivity index (χ1) is 13.8. The minimum Gasteiger partial charge on any atom is -0.506 e. The molecular formula is C20H24N2O6S. The lowest BCUT2D eigenvalue weighted by Crippen LogP contribution is -2.28. The van der Waals surface area contributed by atoms with Gasteiger partial charge in [-0.05, 0) is 50.1 Å². The van der Waals surface area contributed by atoms with E-state index in [-0.39, 0.29) is 21.9 Å². The third-order valence-corrected chi connectivity index (χ3v) is 6.83. The molecule has 2 aromatic rings. The summed E-state index contributed by atoms with van der Waals surface area (Å²) in [6.45, 7) is 2.74. The maximum absolute atomic E-state index is 12.8. The first kappa shape index (κ1) is 20.9. The highest BCUT2D eigenvalue weighted by Crippen LogP contribution is 2.32. The standard InChI is InChI=1S/C20H24N2O6S/c1-13-18(27-2)10-14(11-19(13)28-3)20(24)21-16-12-15(6-7-17(16)23)29(25,26)22-8-4-5-9-22/h6-7,10-12,23H,4-5,8-9H2,1-3H3,(H,21,24). The maximum Gasteiger partial charge on any atom is 0.256 e. The van der Waals surface area contributed by atoms with E-state index in [1.54, 1.807) is 19.1 Å². The van der Waals surface area contributed by atoms with Crippen LogP contribution in [0.15, 0.2) is 35.2 Å². The molecular weight excluding hydrogens is 396 g/mol. The van der Waals surface area contributed by atoms with Crippen LogP contribution in [0.3, 0.4) is 0 Å². The number of rotatable bonds is 6. The Morgan fingerprint density at radius 1 is 1.07 bits per heavy atom. The topological polar surface area (TPSA) is 105 Å². The summed E-state index contributed by atoms with van der Waals surface area (Å²) >= 11 is 0. The number of nitrogens with zero attached hydrogens (tertiary/aromatic N) is 1. The number of aromatic hydroxyl groups is 1. The van der Waals surface area contributed by atoms with E-state index >= 15 is 0 Å². The molecule has 1 aliphatic heterocycles. The van der Waals surface area contributed by atoms with Crippen molar-refractivity contribution in [3.8, 4) is 17.2 Å². The van der Waals surface area contributed by atoms with Gasteiger partial charge in [-0.3, -0.25) is 4.79 Å². The highest BCUT2D eigenvalue weighted by Gasteiger charge is 2.28. The molecule has 0 aromatic heterocycles. The summed E-state index contributed by atoms with van der Waals surface area (Å²) in [6.07, 6.45) is 1.63. The van der Waals surface area contributed by atoms with Gasteiger partial charge in [0.25, 0.3) is 5.91 Å². The molecule has 0 atom stereocenters. The average Bonchev–Trinajstić information content (AvgIpc) is 3.25. The number of hydrogen-bond acceptors (Lipinski definition) is 6. The molecule has 0 radical (unpaired) electrons. The lowest BCUT2D eigenvalue weighted by atomic mass is 10.1. The molecule has 0 saturated carbocycles. The van der Waals surface area contributed by atoms with Crippen molar-refractivity contribution in [3.63, 3.8) is 0 Å². The molecule has 1 amide bonds. The molecule has 3 rings (SSSR count). The number of carbonyl (C=O) groups is 1. The van der Waals surface area contributed by atoms with Crippen molar-refractivity contribution >= 4 is 21.6 Å². The predicted molar refractivity (Wildman–Crippen MR) is 108 cm³/mol. The zero-order valence-corrected chi connectivity index (χ0v) is 17.4. The fourth-order valence-electron chi connectivity index (χ4n) is 3.26. The van der Waals surface area contributed by atoms with Gasteiger partial charge in [0.15, 0.2) is 0 Å². The number of anilines is 1. The maximum atomic E-state index is 12.8. The summed E-state index contributed by atoms with van der Waals surface area (Å²) in [6, 6.07) is 6.96. The molecule has 2 N–H and O–H groups in total. The number of nitrogens with one attached hydrogen (secondary N) is 1. The zero-order chi connectivity index (χ0) is 21.2. The monoisotopic (exact) mass is 420 g/mol. The van der Waals surface area contributed by atoms with Crippen LogP contribution in [0.5, 0.6) is 17.2 Å². The lowest BCUT2D eigenvalue weighted by Gasteiger charge is -2.17. The zero-order valence-electron chi connectivity index (χ0n) is 16.6. The number of hydrogen-bond donors (Lipinski definition) is 2. The highest BCUT2D eigenvalue weighted by atomic mass is 32.2. The Kier molecular flexibility index (Phi) is 5.99. The summed E-state index contributed by atoms with van der Waals surface area (Å²) in [5.41, 5.74) is 0.999. The van der Waals surface area contributed by atoms with Gasteiger partial charge in [-0.2, -0.15) is 4.31 Å². The van der Waals surface area contributed by atoms with E-state index in [2.05, 4.69) is 5.32 Å². The van der Waals surface area contributed by atoms with Crippen LogP contribution < -0.4 is 14.8 Å². The summed E-state index contributed by atoms with van der Waals surface area (Å²) in [7, 11) is -0.698. The number of phenolic OH excluding ortho intramolecular Hbond substituents is 1. The number of sulfonamides is 1. The van der Waals surface area contributed by atoms with Crippen molar-refractivity contribution in [2.24, 2.45) is 0 Å². The number of amides is 1. The SMILES string of the molecule is COc1cc(C(=O)Nc2cc(S(=O)(=O)N3CCCC3)ccc2O)cc(OC)c1C. The van der Waals surface area contributed by atoms with E-state index < -0.39 is 15.9 Å². The van der Waals surface area contributed by atoms with Crippen LogP contribution in [0.1, 0.15) is 28.8 Å². The Labute approximate surface area is 170 Å². The molecule has 0 bridgehead atoms. The van der Waals surface area contributed by atoms with Crippen LogP contribution in [0.2, 0.25) is 0 Å². The van der Waals surface area contributed by atoms with Crippen molar-refractivity contribution in [2.75, 3.05) is 32.6 Å². The molecule has 29 heavy (non-hydrogen) atoms. The third-order valence-electron chi connectivity index (χ3n) is 4.93. The Morgan fingerprint density at radius 2 is 1.66 bits per heavy atom. The Balaban J connectivity index is 1.91. The van der Waals surface area contributed by atoms with Crippen molar-refractivity contribution in [1.82, 2.24) is 4.31 Å². The van der Waals surface area contributed by atoms with Gasteiger partial charge in [0.2, 0.25) is 10.0 Å². The normalized spacial score (nSPS) is 14.6. The molecule has 2 aromatic carbocycles. The summed E-state index contributed by atoms with van der Waals surface area (Å²) in [4.78, 5) is 12.8. The van der Waals surface area contributed by atoms with Gasteiger partial charge in [0.05, 0.1) is 24.8 Å². The Bertz CT molecular complexity index is 1000. The van der Waals surface area contributed by atoms with Crippen molar-refractivity contribution in [1.29, 1.82) is 0 Å². The molecule has 1 saturated heterocycles. The molecule has 1 aliphatic rings. The number of carbonyl (C=O) groups excluding carboxylic acids is 1. The van der Waals surface area contributed by atoms with E-state index in [1.807, 2.05) is 0 Å². The van der Waals surface area contributed by atoms with Gasteiger partial charge >= 0.3 is 0 Å². The van der Waals surface area contributed by atoms with Crippen molar-refractivity contribution in [2.45, 2.75) is 24.7 Å². The van der Waals surface area contributed by atoms with E-state index in [4.69, 9.17) is 9.47 Å². The molecule has 1 fully saturated rings. The molecule has 8 nitrogen and oxygen atoms in total. The number of ether oxygens (including phenoxy) is 2. The number of methoxy groups -OCH3 is 2. The fraction of sp³-hybridized carbons (Fsp3) is 0.350. The predicted octanol–water partition coefficient (Wildman–Crippen LogP) is 2.75. The van der Waals surface area contributed by atoms with Gasteiger partial charge in [-0.25, -0.2) is 8.42 Å². The van der Waals surface area contributed by atoms with E-state index in [9.17, 15) is 18.3 Å². The van der Waals surface area contributed by atoms with Crippen LogP contribution in [0, 0.1) is 6.92 Å². The molecule has 1 heterocycles. The molecule has 0 aliphatic carbocycles. The Morgan fingerprint density at radius 3 is 2.21 bits per heavy atom. The van der Waals surface area contributed by atoms with Gasteiger partial charge in [0.1, 0.15) is 17.2 Å². The van der Waals surface area contributed by atoms with Crippen LogP contribution in [0.25, 0.3) is 0 Å². The summed E-state index contributed by atoms with van der Waals surface area (Å²) < 4.78 is 37.5. The van der Waals surface area contributed by atoms with E-state index in [0.29, 0.717) is 24.6 Å². The molecule has 156 valence electrons. The van der Waals surface area contributed by atoms with Gasteiger partial charge in [-0.1, -0.05) is 0 Å². The molecule has 9 heteroatoms. The van der Waals surface area contributed by atoms with Gasteiger partial charge in [0, 0.05) is 24.2 Å². The van der Waals surface area contributed by atoms with Crippen molar-refractivity contribution in [3.05, 3.63) is 41.5 Å². The van der Waals surface area contributed by atoms with Crippen LogP contribution in [-0.2, 0) is 10.0 Å². The highest BCUT2D eigenvalue weighted by molar-refractivity contribution is 7.89. The average molecular weight is 420 g/mol. The van der Waals surface area contributed by atoms with E-state index in [0.717, 1.165) is 18.4 Å². The molecule has 0 unspecified atom stereocenters. The van der Waals surface area contributed by atoms with Gasteiger partial charge < -0.3 is 19.9 Å². The smallest absolute Gasteiger partial charge is 0.256 e. The largest absolute Gasteiger partial charge is 0.506 e. The van der Waals surface area contributed by atoms with Gasteiger partial charge in [-0.15, -0.1) is 0 Å². The second-order valence-electron chi connectivity index (χ2n) is 6.75. The quantitative estimate of drug-likeness (QED) is 0.696. The first-order valence-corrected chi connectivity index (χ1v) is 10.6. The van der Waals surface area contributed by atoms with Crippen LogP contribution in [0.4, 0.5) is 5.69 Å². The number of phenols is 1.